The van der Waals surface area contributed by atoms with Crippen LogP contribution in [-0.2, 0) is 4.74 Å². The third kappa shape index (κ3) is 4.42. The van der Waals surface area contributed by atoms with Crippen molar-refractivity contribution in [3.63, 3.8) is 0 Å². The van der Waals surface area contributed by atoms with E-state index in [1.165, 1.54) is 6.07 Å². The van der Waals surface area contributed by atoms with Crippen molar-refractivity contribution in [2.24, 2.45) is 0 Å². The number of amides is 2. The van der Waals surface area contributed by atoms with Crippen molar-refractivity contribution in [2.75, 3.05) is 18.5 Å². The predicted octanol–water partition coefficient (Wildman–Crippen LogP) is 3.21. The van der Waals surface area contributed by atoms with Crippen LogP contribution in [0.4, 0.5) is 10.5 Å². The lowest BCUT2D eigenvalue weighted by Gasteiger charge is -2.23. The second-order valence-electron chi connectivity index (χ2n) is 4.63. The van der Waals surface area contributed by atoms with Crippen LogP contribution >= 0.6 is 31.9 Å². The van der Waals surface area contributed by atoms with E-state index in [2.05, 4.69) is 42.5 Å². The number of rotatable bonds is 3. The highest BCUT2D eigenvalue weighted by Gasteiger charge is 2.20. The number of nitrogens with one attached hydrogen (secondary N) is 2. The lowest BCUT2D eigenvalue weighted by atomic mass is 10.1. The molecule has 1 unspecified atom stereocenters. The highest BCUT2D eigenvalue weighted by molar-refractivity contribution is 9.11. The zero-order chi connectivity index (χ0) is 15.4. The number of carbonyl (C=O) groups excluding carboxylic acids is 1. The van der Waals surface area contributed by atoms with Gasteiger partial charge in [-0.05, 0) is 40.9 Å². The SMILES string of the molecule is O=C(Nc1c(Br)cc(Br)cc1C(=O)O)NC1CCCOC1. The largest absolute Gasteiger partial charge is 0.478 e. The Bertz CT molecular complexity index is 559. The summed E-state index contributed by atoms with van der Waals surface area (Å²) in [6, 6.07) is 2.61. The highest BCUT2D eigenvalue weighted by Crippen LogP contribution is 2.30. The molecule has 1 heterocycles. The summed E-state index contributed by atoms with van der Waals surface area (Å²) in [5, 5.41) is 14.6. The smallest absolute Gasteiger partial charge is 0.337 e. The molecule has 2 rings (SSSR count). The average Bonchev–Trinajstić information content (AvgIpc) is 2.42. The van der Waals surface area contributed by atoms with Gasteiger partial charge >= 0.3 is 12.0 Å². The van der Waals surface area contributed by atoms with Gasteiger partial charge in [0, 0.05) is 15.6 Å². The molecule has 0 spiro atoms. The first-order chi connectivity index (χ1) is 9.97. The fourth-order valence-electron chi connectivity index (χ4n) is 2.06. The Hall–Kier alpha value is -1.12. The molecular weight excluding hydrogens is 408 g/mol. The summed E-state index contributed by atoms with van der Waals surface area (Å²) in [7, 11) is 0. The fraction of sp³-hybridized carbons (Fsp3) is 0.385. The Morgan fingerprint density at radius 3 is 2.71 bits per heavy atom. The van der Waals surface area contributed by atoms with Gasteiger partial charge in [0.15, 0.2) is 0 Å². The molecule has 21 heavy (non-hydrogen) atoms. The van der Waals surface area contributed by atoms with Gasteiger partial charge in [-0.2, -0.15) is 0 Å². The van der Waals surface area contributed by atoms with Crippen LogP contribution in [0.2, 0.25) is 0 Å². The number of anilines is 1. The third-order valence-electron chi connectivity index (χ3n) is 3.02. The van der Waals surface area contributed by atoms with Crippen LogP contribution in [0.5, 0.6) is 0 Å². The van der Waals surface area contributed by atoms with Crippen molar-refractivity contribution in [1.29, 1.82) is 0 Å². The van der Waals surface area contributed by atoms with E-state index in [-0.39, 0.29) is 17.3 Å². The van der Waals surface area contributed by atoms with E-state index in [0.29, 0.717) is 22.2 Å². The zero-order valence-electron chi connectivity index (χ0n) is 11.0. The Morgan fingerprint density at radius 2 is 2.10 bits per heavy atom. The van der Waals surface area contributed by atoms with E-state index in [0.717, 1.165) is 12.8 Å². The number of halogens is 2. The second kappa shape index (κ2) is 7.24. The molecule has 0 saturated carbocycles. The summed E-state index contributed by atoms with van der Waals surface area (Å²) < 4.78 is 6.38. The standard InChI is InChI=1S/C13H14Br2N2O4/c14-7-4-9(12(18)19)11(10(15)5-7)17-13(20)16-8-2-1-3-21-6-8/h4-5,8H,1-3,6H2,(H,18,19)(H2,16,17,20). The number of ether oxygens (including phenoxy) is 1. The molecule has 1 aliphatic rings. The van der Waals surface area contributed by atoms with Crippen LogP contribution < -0.4 is 10.6 Å². The third-order valence-corrected chi connectivity index (χ3v) is 4.10. The van der Waals surface area contributed by atoms with E-state index in [4.69, 9.17) is 4.74 Å². The maximum atomic E-state index is 12.0. The number of hydrogen-bond acceptors (Lipinski definition) is 3. The predicted molar refractivity (Wildman–Crippen MR) is 84.8 cm³/mol. The quantitative estimate of drug-likeness (QED) is 0.699. The molecular formula is C13H14Br2N2O4. The van der Waals surface area contributed by atoms with Gasteiger partial charge in [0.1, 0.15) is 0 Å². The fourth-order valence-corrected chi connectivity index (χ4v) is 3.38. The lowest BCUT2D eigenvalue weighted by molar-refractivity contribution is 0.0697. The normalized spacial score (nSPS) is 18.1. The van der Waals surface area contributed by atoms with Crippen LogP contribution in [0, 0.1) is 0 Å². The molecule has 1 aromatic carbocycles. The molecule has 1 aromatic rings. The number of carboxylic acids is 1. The maximum absolute atomic E-state index is 12.0. The molecule has 0 aliphatic carbocycles. The van der Waals surface area contributed by atoms with E-state index in [1.807, 2.05) is 0 Å². The summed E-state index contributed by atoms with van der Waals surface area (Å²) in [5.41, 5.74) is 0.228. The molecule has 2 amide bonds. The number of aromatic carboxylic acids is 1. The summed E-state index contributed by atoms with van der Waals surface area (Å²) in [6.07, 6.45) is 1.74. The highest BCUT2D eigenvalue weighted by atomic mass is 79.9. The van der Waals surface area contributed by atoms with E-state index in [9.17, 15) is 14.7 Å². The molecule has 1 fully saturated rings. The molecule has 8 heteroatoms. The van der Waals surface area contributed by atoms with Gasteiger partial charge in [-0.1, -0.05) is 15.9 Å². The first-order valence-electron chi connectivity index (χ1n) is 6.35. The van der Waals surface area contributed by atoms with Crippen molar-refractivity contribution in [1.82, 2.24) is 5.32 Å². The Kier molecular flexibility index (Phi) is 5.60. The zero-order valence-corrected chi connectivity index (χ0v) is 14.2. The van der Waals surface area contributed by atoms with Crippen molar-refractivity contribution in [3.05, 3.63) is 26.6 Å². The molecule has 1 aliphatic heterocycles. The topological polar surface area (TPSA) is 87.7 Å². The van der Waals surface area contributed by atoms with E-state index >= 15 is 0 Å². The van der Waals surface area contributed by atoms with Gasteiger partial charge in [0.25, 0.3) is 0 Å². The van der Waals surface area contributed by atoms with Gasteiger partial charge in [-0.3, -0.25) is 0 Å². The summed E-state index contributed by atoms with van der Waals surface area (Å²) in [5.74, 6) is -1.12. The number of urea groups is 1. The van der Waals surface area contributed by atoms with Crippen LogP contribution in [-0.4, -0.2) is 36.4 Å². The molecule has 0 radical (unpaired) electrons. The van der Waals surface area contributed by atoms with Crippen molar-refractivity contribution in [3.8, 4) is 0 Å². The van der Waals surface area contributed by atoms with Crippen LogP contribution in [0.15, 0.2) is 21.1 Å². The summed E-state index contributed by atoms with van der Waals surface area (Å²) >= 11 is 6.48. The second-order valence-corrected chi connectivity index (χ2v) is 6.40. The first kappa shape index (κ1) is 16.3. The lowest BCUT2D eigenvalue weighted by Crippen LogP contribution is -2.43. The van der Waals surface area contributed by atoms with Gasteiger partial charge in [0.2, 0.25) is 0 Å². The molecule has 114 valence electrons. The van der Waals surface area contributed by atoms with Gasteiger partial charge in [-0.25, -0.2) is 9.59 Å². The van der Waals surface area contributed by atoms with Crippen molar-refractivity contribution >= 4 is 49.5 Å². The minimum Gasteiger partial charge on any atom is -0.478 e. The Labute approximate surface area is 138 Å². The summed E-state index contributed by atoms with van der Waals surface area (Å²) in [4.78, 5) is 23.3. The summed E-state index contributed by atoms with van der Waals surface area (Å²) in [6.45, 7) is 1.18. The Balaban J connectivity index is 2.11. The molecule has 0 aromatic heterocycles. The van der Waals surface area contributed by atoms with Crippen LogP contribution in [0.25, 0.3) is 0 Å². The molecule has 0 bridgehead atoms. The van der Waals surface area contributed by atoms with Crippen LogP contribution in [0.1, 0.15) is 23.2 Å². The first-order valence-corrected chi connectivity index (χ1v) is 7.93. The number of hydrogen-bond donors (Lipinski definition) is 3. The number of carbonyl (C=O) groups is 2. The number of carboxylic acid groups (broad SMARTS) is 1. The monoisotopic (exact) mass is 420 g/mol. The average molecular weight is 422 g/mol. The Morgan fingerprint density at radius 1 is 1.33 bits per heavy atom. The minimum absolute atomic E-state index is 0.00583. The molecule has 1 saturated heterocycles. The van der Waals surface area contributed by atoms with Gasteiger partial charge in [0.05, 0.1) is 23.9 Å². The minimum atomic E-state index is -1.12. The molecule has 6 nitrogen and oxygen atoms in total. The van der Waals surface area contributed by atoms with Crippen molar-refractivity contribution in [2.45, 2.75) is 18.9 Å². The van der Waals surface area contributed by atoms with E-state index in [1.54, 1.807) is 6.07 Å². The van der Waals surface area contributed by atoms with E-state index < -0.39 is 12.0 Å². The maximum Gasteiger partial charge on any atom is 0.337 e. The van der Waals surface area contributed by atoms with Crippen molar-refractivity contribution < 1.29 is 19.4 Å². The van der Waals surface area contributed by atoms with Gasteiger partial charge < -0.3 is 20.5 Å². The van der Waals surface area contributed by atoms with Crippen LogP contribution in [0.3, 0.4) is 0 Å². The molecule has 1 atom stereocenters. The molecule has 3 N–H and O–H groups in total. The van der Waals surface area contributed by atoms with Gasteiger partial charge in [-0.15, -0.1) is 0 Å². The number of benzene rings is 1.